The van der Waals surface area contributed by atoms with Crippen molar-refractivity contribution in [2.75, 3.05) is 30.9 Å². The van der Waals surface area contributed by atoms with E-state index in [0.717, 1.165) is 0 Å². The Kier molecular flexibility index (Phi) is 4.22. The summed E-state index contributed by atoms with van der Waals surface area (Å²) in [7, 11) is 6.36. The SMILES string of the molecule is CN(C)c1ccc(/C=C/C2N(C)c3ccc4ccccc4c3C2(C)C)cc1. The topological polar surface area (TPSA) is 6.48 Å². The Labute approximate surface area is 162 Å². The molecule has 0 saturated carbocycles. The molecular weight excluding hydrogens is 328 g/mol. The quantitative estimate of drug-likeness (QED) is 0.592. The number of fused-ring (bicyclic) bond motifs is 3. The second kappa shape index (κ2) is 6.45. The van der Waals surface area contributed by atoms with Crippen LogP contribution in [-0.4, -0.2) is 27.2 Å². The van der Waals surface area contributed by atoms with Gasteiger partial charge < -0.3 is 9.80 Å². The van der Waals surface area contributed by atoms with E-state index in [-0.39, 0.29) is 5.41 Å². The second-order valence-corrected chi connectivity index (χ2v) is 8.30. The lowest BCUT2D eigenvalue weighted by molar-refractivity contribution is 0.492. The third-order valence-corrected chi connectivity index (χ3v) is 5.97. The van der Waals surface area contributed by atoms with Gasteiger partial charge in [0, 0.05) is 37.9 Å². The molecule has 0 radical (unpaired) electrons. The first-order valence-electron chi connectivity index (χ1n) is 9.60. The average molecular weight is 357 g/mol. The van der Waals surface area contributed by atoms with Gasteiger partial charge in [-0.05, 0) is 40.1 Å². The third-order valence-electron chi connectivity index (χ3n) is 5.97. The summed E-state index contributed by atoms with van der Waals surface area (Å²) in [5, 5.41) is 2.69. The zero-order valence-electron chi connectivity index (χ0n) is 16.9. The summed E-state index contributed by atoms with van der Waals surface area (Å²) in [6, 6.07) is 22.3. The highest BCUT2D eigenvalue weighted by molar-refractivity contribution is 5.93. The van der Waals surface area contributed by atoms with Gasteiger partial charge in [0.25, 0.3) is 0 Å². The lowest BCUT2D eigenvalue weighted by atomic mass is 9.78. The molecule has 0 amide bonds. The van der Waals surface area contributed by atoms with Gasteiger partial charge in [0.1, 0.15) is 0 Å². The Morgan fingerprint density at radius 1 is 0.926 bits per heavy atom. The molecule has 138 valence electrons. The molecule has 1 aliphatic rings. The van der Waals surface area contributed by atoms with Crippen molar-refractivity contribution in [3.8, 4) is 0 Å². The van der Waals surface area contributed by atoms with Crippen LogP contribution in [0.15, 0.2) is 66.7 Å². The highest BCUT2D eigenvalue weighted by atomic mass is 15.2. The Hall–Kier alpha value is -2.74. The van der Waals surface area contributed by atoms with Crippen molar-refractivity contribution in [2.24, 2.45) is 0 Å². The van der Waals surface area contributed by atoms with Crippen molar-refractivity contribution in [1.82, 2.24) is 0 Å². The zero-order valence-corrected chi connectivity index (χ0v) is 16.9. The van der Waals surface area contributed by atoms with E-state index in [4.69, 9.17) is 0 Å². The third kappa shape index (κ3) is 2.90. The Morgan fingerprint density at radius 2 is 1.63 bits per heavy atom. The van der Waals surface area contributed by atoms with Crippen LogP contribution in [0.2, 0.25) is 0 Å². The van der Waals surface area contributed by atoms with Gasteiger partial charge in [0.05, 0.1) is 6.04 Å². The van der Waals surface area contributed by atoms with Crippen molar-refractivity contribution in [3.05, 3.63) is 77.9 Å². The van der Waals surface area contributed by atoms with Gasteiger partial charge in [-0.1, -0.05) is 68.5 Å². The van der Waals surface area contributed by atoms with Crippen LogP contribution < -0.4 is 9.80 Å². The predicted octanol–water partition coefficient (Wildman–Crippen LogP) is 5.72. The van der Waals surface area contributed by atoms with Gasteiger partial charge in [-0.25, -0.2) is 0 Å². The maximum absolute atomic E-state index is 2.42. The first-order chi connectivity index (χ1) is 12.9. The summed E-state index contributed by atoms with van der Waals surface area (Å²) in [5.74, 6) is 0. The summed E-state index contributed by atoms with van der Waals surface area (Å²) in [6.45, 7) is 4.73. The number of rotatable bonds is 3. The Morgan fingerprint density at radius 3 is 2.33 bits per heavy atom. The number of likely N-dealkylation sites (N-methyl/N-ethyl adjacent to an activating group) is 1. The predicted molar refractivity (Wildman–Crippen MR) is 119 cm³/mol. The minimum Gasteiger partial charge on any atom is -0.378 e. The lowest BCUT2D eigenvalue weighted by Crippen LogP contribution is -2.37. The molecule has 3 aromatic rings. The number of nitrogens with zero attached hydrogens (tertiary/aromatic N) is 2. The van der Waals surface area contributed by atoms with Gasteiger partial charge >= 0.3 is 0 Å². The largest absolute Gasteiger partial charge is 0.378 e. The van der Waals surface area contributed by atoms with E-state index in [9.17, 15) is 0 Å². The fourth-order valence-electron chi connectivity index (χ4n) is 4.47. The van der Waals surface area contributed by atoms with Crippen LogP contribution in [0, 0.1) is 0 Å². The van der Waals surface area contributed by atoms with Crippen LogP contribution in [-0.2, 0) is 5.41 Å². The van der Waals surface area contributed by atoms with Gasteiger partial charge in [0.2, 0.25) is 0 Å². The number of anilines is 2. The molecule has 1 aliphatic heterocycles. The molecule has 0 saturated heterocycles. The molecule has 1 heterocycles. The summed E-state index contributed by atoms with van der Waals surface area (Å²) in [5.41, 5.74) is 5.32. The van der Waals surface area contributed by atoms with Gasteiger partial charge in [0.15, 0.2) is 0 Å². The van der Waals surface area contributed by atoms with Crippen LogP contribution >= 0.6 is 0 Å². The molecule has 1 atom stereocenters. The molecule has 1 unspecified atom stereocenters. The first kappa shape index (κ1) is 17.7. The maximum Gasteiger partial charge on any atom is 0.0565 e. The molecule has 4 rings (SSSR count). The average Bonchev–Trinajstić information content (AvgIpc) is 2.86. The van der Waals surface area contributed by atoms with E-state index in [1.165, 1.54) is 33.3 Å². The number of hydrogen-bond donors (Lipinski definition) is 0. The smallest absolute Gasteiger partial charge is 0.0565 e. The summed E-state index contributed by atoms with van der Waals surface area (Å²) in [4.78, 5) is 4.55. The van der Waals surface area contributed by atoms with E-state index < -0.39 is 0 Å². The van der Waals surface area contributed by atoms with E-state index in [1.807, 2.05) is 0 Å². The van der Waals surface area contributed by atoms with Crippen LogP contribution in [0.25, 0.3) is 16.8 Å². The van der Waals surface area contributed by atoms with E-state index >= 15 is 0 Å². The maximum atomic E-state index is 2.42. The van der Waals surface area contributed by atoms with Gasteiger partial charge in [-0.2, -0.15) is 0 Å². The molecule has 0 fully saturated rings. The second-order valence-electron chi connectivity index (χ2n) is 8.30. The Bertz CT molecular complexity index is 997. The van der Waals surface area contributed by atoms with E-state index in [0.29, 0.717) is 6.04 Å². The highest BCUT2D eigenvalue weighted by Crippen LogP contribution is 2.48. The fraction of sp³-hybridized carbons (Fsp3) is 0.280. The molecular formula is C25H28N2. The molecule has 2 nitrogen and oxygen atoms in total. The molecule has 0 aliphatic carbocycles. The van der Waals surface area contributed by atoms with Crippen molar-refractivity contribution in [1.29, 1.82) is 0 Å². The van der Waals surface area contributed by atoms with Crippen molar-refractivity contribution in [3.63, 3.8) is 0 Å². The van der Waals surface area contributed by atoms with Crippen LogP contribution in [0.4, 0.5) is 11.4 Å². The summed E-state index contributed by atoms with van der Waals surface area (Å²) in [6.07, 6.45) is 4.62. The molecule has 0 spiro atoms. The molecule has 0 N–H and O–H groups in total. The first-order valence-corrected chi connectivity index (χ1v) is 9.60. The standard InChI is InChI=1S/C25H28N2/c1-25(2)23(17-12-18-10-14-20(15-11-18)26(3)4)27(5)22-16-13-19-8-6-7-9-21(19)24(22)25/h6-17,23H,1-5H3/b17-12+. The number of benzene rings is 3. The number of hydrogen-bond acceptors (Lipinski definition) is 2. The van der Waals surface area contributed by atoms with Crippen molar-refractivity contribution >= 4 is 28.2 Å². The normalized spacial score (nSPS) is 18.3. The van der Waals surface area contributed by atoms with Crippen molar-refractivity contribution < 1.29 is 0 Å². The Balaban J connectivity index is 1.70. The van der Waals surface area contributed by atoms with E-state index in [2.05, 4.69) is 118 Å². The van der Waals surface area contributed by atoms with Crippen LogP contribution in [0.5, 0.6) is 0 Å². The van der Waals surface area contributed by atoms with E-state index in [1.54, 1.807) is 0 Å². The summed E-state index contributed by atoms with van der Waals surface area (Å²) < 4.78 is 0. The zero-order chi connectivity index (χ0) is 19.2. The van der Waals surface area contributed by atoms with Crippen LogP contribution in [0.3, 0.4) is 0 Å². The fourth-order valence-corrected chi connectivity index (χ4v) is 4.47. The molecule has 3 aromatic carbocycles. The molecule has 27 heavy (non-hydrogen) atoms. The van der Waals surface area contributed by atoms with Crippen LogP contribution in [0.1, 0.15) is 25.0 Å². The van der Waals surface area contributed by atoms with Gasteiger partial charge in [-0.15, -0.1) is 0 Å². The van der Waals surface area contributed by atoms with Crippen molar-refractivity contribution in [2.45, 2.75) is 25.3 Å². The molecule has 0 bridgehead atoms. The lowest BCUT2D eigenvalue weighted by Gasteiger charge is -2.30. The molecule has 2 heteroatoms. The monoisotopic (exact) mass is 356 g/mol. The summed E-state index contributed by atoms with van der Waals surface area (Å²) >= 11 is 0. The minimum absolute atomic E-state index is 0.0467. The van der Waals surface area contributed by atoms with Gasteiger partial charge in [-0.3, -0.25) is 0 Å². The molecule has 0 aromatic heterocycles. The highest BCUT2D eigenvalue weighted by Gasteiger charge is 2.42. The minimum atomic E-state index is 0.0467.